The summed E-state index contributed by atoms with van der Waals surface area (Å²) >= 11 is 0. The molecule has 5 nitrogen and oxygen atoms in total. The van der Waals surface area contributed by atoms with Crippen molar-refractivity contribution in [2.24, 2.45) is 0 Å². The minimum absolute atomic E-state index is 0.828. The molecular weight excluding hydrogens is 416 g/mol. The summed E-state index contributed by atoms with van der Waals surface area (Å²) in [6.45, 7) is 0. The maximum absolute atomic E-state index is 8.49. The van der Waals surface area contributed by atoms with Gasteiger partial charge in [-0.25, -0.2) is 23.1 Å². The van der Waals surface area contributed by atoms with Gasteiger partial charge in [0.05, 0.1) is 17.7 Å². The highest BCUT2D eigenvalue weighted by atomic mass is 35.7. The Balaban J connectivity index is 0.000000491. The molecule has 0 saturated heterocycles. The number of hydrogen-bond acceptors (Lipinski definition) is 4. The van der Waals surface area contributed by atoms with Crippen LogP contribution in [0.1, 0.15) is 11.3 Å². The van der Waals surface area contributed by atoms with Gasteiger partial charge in [0.25, 0.3) is 0 Å². The second kappa shape index (κ2) is 10.6. The molecule has 0 aliphatic heterocycles. The average Bonchev–Trinajstić information content (AvgIpc) is 2.78. The van der Waals surface area contributed by atoms with Crippen LogP contribution in [-0.4, -0.2) is 0 Å². The average molecular weight is 435 g/mol. The molecule has 0 spiro atoms. The molecule has 0 saturated carbocycles. The van der Waals surface area contributed by atoms with E-state index in [4.69, 9.17) is 23.1 Å². The van der Waals surface area contributed by atoms with Gasteiger partial charge in [0, 0.05) is 11.6 Å². The predicted octanol–water partition coefficient (Wildman–Crippen LogP) is 2.31. The van der Waals surface area contributed by atoms with Crippen LogP contribution in [0.15, 0.2) is 108 Å². The van der Waals surface area contributed by atoms with Crippen molar-refractivity contribution >= 4 is 12.2 Å². The van der Waals surface area contributed by atoms with Crippen molar-refractivity contribution in [1.29, 1.82) is 0 Å². The summed E-state index contributed by atoms with van der Waals surface area (Å²) < 4.78 is 40.1. The van der Waals surface area contributed by atoms with Crippen molar-refractivity contribution < 1.29 is 33.3 Å². The number of benzene rings is 3. The van der Waals surface area contributed by atoms with E-state index in [2.05, 4.69) is 66.7 Å². The quantitative estimate of drug-likeness (QED) is 0.458. The zero-order chi connectivity index (χ0) is 22.1. The fourth-order valence-electron chi connectivity index (χ4n) is 2.89. The van der Waals surface area contributed by atoms with Crippen LogP contribution in [0.25, 0.3) is 34.6 Å². The SMILES string of the molecule is C(=C\c1cc(-c2ccccc2)cc(-c2ccccc2)[o+]1)/c1ccccc1.[O-][Cl+3]([O-])([O-])[O-]. The molecule has 0 bridgehead atoms. The molecule has 0 amide bonds. The maximum atomic E-state index is 8.49. The lowest BCUT2D eigenvalue weighted by Crippen LogP contribution is -2.68. The highest BCUT2D eigenvalue weighted by Gasteiger charge is 2.17. The van der Waals surface area contributed by atoms with E-state index >= 15 is 0 Å². The first kappa shape index (κ1) is 22.4. The topological polar surface area (TPSA) is 104 Å². The lowest BCUT2D eigenvalue weighted by atomic mass is 10.0. The Kier molecular flexibility index (Phi) is 7.67. The summed E-state index contributed by atoms with van der Waals surface area (Å²) in [4.78, 5) is 0. The molecule has 31 heavy (non-hydrogen) atoms. The molecule has 0 unspecified atom stereocenters. The maximum Gasteiger partial charge on any atom is 0.361 e. The van der Waals surface area contributed by atoms with Gasteiger partial charge in [0.15, 0.2) is 0 Å². The lowest BCUT2D eigenvalue weighted by Gasteiger charge is -2.17. The summed E-state index contributed by atoms with van der Waals surface area (Å²) in [6, 6.07) is 35.0. The Labute approximate surface area is 182 Å². The molecule has 0 aliphatic rings. The van der Waals surface area contributed by atoms with E-state index in [0.29, 0.717) is 0 Å². The number of rotatable bonds is 4. The lowest BCUT2D eigenvalue weighted by molar-refractivity contribution is -2.00. The van der Waals surface area contributed by atoms with Crippen LogP contribution in [0, 0.1) is 10.2 Å². The molecule has 156 valence electrons. The van der Waals surface area contributed by atoms with E-state index in [9.17, 15) is 0 Å². The molecule has 4 rings (SSSR count). The zero-order valence-electron chi connectivity index (χ0n) is 16.4. The molecule has 0 radical (unpaired) electrons. The molecule has 0 atom stereocenters. The third kappa shape index (κ3) is 7.79. The molecule has 0 fully saturated rings. The fourth-order valence-corrected chi connectivity index (χ4v) is 2.89. The second-order valence-corrected chi connectivity index (χ2v) is 7.22. The Morgan fingerprint density at radius 2 is 1.03 bits per heavy atom. The third-order valence-corrected chi connectivity index (χ3v) is 4.22. The van der Waals surface area contributed by atoms with Crippen LogP contribution >= 0.6 is 0 Å². The van der Waals surface area contributed by atoms with Crippen molar-refractivity contribution in [2.45, 2.75) is 0 Å². The van der Waals surface area contributed by atoms with Crippen LogP contribution in [0.2, 0.25) is 0 Å². The Bertz CT molecular complexity index is 1050. The van der Waals surface area contributed by atoms with E-state index in [-0.39, 0.29) is 0 Å². The van der Waals surface area contributed by atoms with Crippen LogP contribution < -0.4 is 18.6 Å². The smallest absolute Gasteiger partial charge is 0.222 e. The first-order chi connectivity index (χ1) is 14.9. The van der Waals surface area contributed by atoms with Gasteiger partial charge in [0.2, 0.25) is 0 Å². The summed E-state index contributed by atoms with van der Waals surface area (Å²) in [5.74, 6) is 1.69. The van der Waals surface area contributed by atoms with Crippen LogP contribution in [0.3, 0.4) is 0 Å². The Morgan fingerprint density at radius 3 is 1.58 bits per heavy atom. The summed E-state index contributed by atoms with van der Waals surface area (Å²) in [5, 5.41) is 0. The van der Waals surface area contributed by atoms with Crippen LogP contribution in [0.5, 0.6) is 0 Å². The van der Waals surface area contributed by atoms with Gasteiger partial charge in [-0.3, -0.25) is 0 Å². The van der Waals surface area contributed by atoms with Crippen molar-refractivity contribution in [2.75, 3.05) is 0 Å². The third-order valence-electron chi connectivity index (χ3n) is 4.22. The standard InChI is InChI=1S/C25H19O.ClHO4/c1-4-10-20(11-5-1)16-17-24-18-23(21-12-6-2-7-13-21)19-25(26-24)22-14-8-3-9-15-22;2-1(3,4)5/h1-19H;(H,2,3,4,5)/q+1;/p-1/b17-16+;. The first-order valence-electron chi connectivity index (χ1n) is 9.32. The van der Waals surface area contributed by atoms with Crippen molar-refractivity contribution in [3.05, 3.63) is 114 Å². The summed E-state index contributed by atoms with van der Waals surface area (Å²) in [7, 11) is -4.94. The van der Waals surface area contributed by atoms with E-state index in [1.165, 1.54) is 5.56 Å². The molecular formula is C25H19ClO5. The van der Waals surface area contributed by atoms with Crippen LogP contribution in [-0.2, 0) is 0 Å². The highest BCUT2D eigenvalue weighted by Crippen LogP contribution is 2.29. The molecule has 6 heteroatoms. The van der Waals surface area contributed by atoms with Gasteiger partial charge in [0.1, 0.15) is 0 Å². The minimum Gasteiger partial charge on any atom is -0.222 e. The summed E-state index contributed by atoms with van der Waals surface area (Å²) in [6.07, 6.45) is 4.09. The van der Waals surface area contributed by atoms with Crippen molar-refractivity contribution in [1.82, 2.24) is 0 Å². The van der Waals surface area contributed by atoms with Gasteiger partial charge >= 0.3 is 11.5 Å². The highest BCUT2D eigenvalue weighted by molar-refractivity contribution is 5.74. The molecule has 1 aromatic heterocycles. The van der Waals surface area contributed by atoms with Crippen LogP contribution in [0.4, 0.5) is 0 Å². The molecule has 3 aromatic carbocycles. The van der Waals surface area contributed by atoms with Gasteiger partial charge in [-0.2, -0.15) is 0 Å². The predicted molar refractivity (Wildman–Crippen MR) is 109 cm³/mol. The second-order valence-electron chi connectivity index (χ2n) is 6.47. The minimum atomic E-state index is -4.94. The Hall–Kier alpha value is -3.32. The van der Waals surface area contributed by atoms with Gasteiger partial charge in [-0.15, -0.1) is 10.2 Å². The summed E-state index contributed by atoms with van der Waals surface area (Å²) in [5.41, 5.74) is 4.53. The Morgan fingerprint density at radius 1 is 0.548 bits per heavy atom. The normalized spacial score (nSPS) is 11.1. The number of halogens is 1. The molecule has 1 heterocycles. The molecule has 0 aliphatic carbocycles. The van der Waals surface area contributed by atoms with E-state index in [0.717, 1.165) is 28.2 Å². The van der Waals surface area contributed by atoms with E-state index in [1.54, 1.807) is 0 Å². The van der Waals surface area contributed by atoms with E-state index < -0.39 is 10.2 Å². The van der Waals surface area contributed by atoms with Crippen molar-refractivity contribution in [3.8, 4) is 22.5 Å². The van der Waals surface area contributed by atoms with Crippen molar-refractivity contribution in [3.63, 3.8) is 0 Å². The van der Waals surface area contributed by atoms with E-state index in [1.807, 2.05) is 48.5 Å². The number of hydrogen-bond donors (Lipinski definition) is 0. The first-order valence-corrected chi connectivity index (χ1v) is 10.6. The van der Waals surface area contributed by atoms with Gasteiger partial charge in [-0.05, 0) is 29.3 Å². The van der Waals surface area contributed by atoms with Gasteiger partial charge in [-0.1, -0.05) is 78.9 Å². The molecule has 4 aromatic rings. The monoisotopic (exact) mass is 434 g/mol. The fraction of sp³-hybridized carbons (Fsp3) is 0. The van der Waals surface area contributed by atoms with Gasteiger partial charge < -0.3 is 0 Å². The molecule has 0 N–H and O–H groups in total. The zero-order valence-corrected chi connectivity index (χ0v) is 17.1. The largest absolute Gasteiger partial charge is 0.361 e.